The summed E-state index contributed by atoms with van der Waals surface area (Å²) in [6.45, 7) is 8.06. The van der Waals surface area contributed by atoms with Gasteiger partial charge >= 0.3 is 0 Å². The molecule has 2 rings (SSSR count). The number of nitrogens with zero attached hydrogens (tertiary/aromatic N) is 1. The van der Waals surface area contributed by atoms with Gasteiger partial charge in [-0.25, -0.2) is 0 Å². The number of amides is 2. The zero-order valence-electron chi connectivity index (χ0n) is 16.2. The lowest BCUT2D eigenvalue weighted by molar-refractivity contribution is -0.138. The zero-order chi connectivity index (χ0) is 19.5. The van der Waals surface area contributed by atoms with E-state index in [4.69, 9.17) is 4.74 Å². The predicted octanol–water partition coefficient (Wildman–Crippen LogP) is 2.34. The van der Waals surface area contributed by atoms with Crippen molar-refractivity contribution in [1.82, 2.24) is 10.2 Å². The van der Waals surface area contributed by atoms with Gasteiger partial charge in [0.25, 0.3) is 5.91 Å². The molecule has 0 aromatic heterocycles. The van der Waals surface area contributed by atoms with E-state index in [1.165, 1.54) is 0 Å². The number of rotatable bonds is 5. The van der Waals surface area contributed by atoms with Crippen LogP contribution in [-0.4, -0.2) is 48.7 Å². The highest BCUT2D eigenvalue weighted by Crippen LogP contribution is 2.26. The van der Waals surface area contributed by atoms with E-state index in [0.29, 0.717) is 24.3 Å². The number of nitrogens with one attached hydrogen (secondary N) is 1. The first-order valence-electron chi connectivity index (χ1n) is 8.91. The Morgan fingerprint density at radius 3 is 2.62 bits per heavy atom. The summed E-state index contributed by atoms with van der Waals surface area (Å²) in [7, 11) is 1.55. The first-order chi connectivity index (χ1) is 12.2. The molecule has 0 unspecified atom stereocenters. The van der Waals surface area contributed by atoms with Gasteiger partial charge in [0, 0.05) is 17.7 Å². The van der Waals surface area contributed by atoms with Gasteiger partial charge in [-0.3, -0.25) is 9.59 Å². The van der Waals surface area contributed by atoms with Crippen LogP contribution >= 0.6 is 0 Å². The van der Waals surface area contributed by atoms with Crippen molar-refractivity contribution < 1.29 is 19.1 Å². The lowest BCUT2D eigenvalue weighted by Crippen LogP contribution is -2.56. The van der Waals surface area contributed by atoms with Crippen LogP contribution in [0.4, 0.5) is 0 Å². The van der Waals surface area contributed by atoms with E-state index in [9.17, 15) is 14.4 Å². The lowest BCUT2D eigenvalue weighted by atomic mass is 9.85. The number of likely N-dealkylation sites (tertiary alicyclic amines) is 1. The van der Waals surface area contributed by atoms with Gasteiger partial charge in [-0.15, -0.1) is 0 Å². The Labute approximate surface area is 154 Å². The van der Waals surface area contributed by atoms with Crippen LogP contribution in [-0.2, 0) is 9.59 Å². The molecule has 1 fully saturated rings. The van der Waals surface area contributed by atoms with Crippen LogP contribution in [0.1, 0.15) is 49.5 Å². The summed E-state index contributed by atoms with van der Waals surface area (Å²) >= 11 is 0. The average molecular weight is 360 g/mol. The summed E-state index contributed by atoms with van der Waals surface area (Å²) in [6, 6.07) is 4.13. The third-order valence-electron chi connectivity index (χ3n) is 4.88. The molecule has 0 saturated carbocycles. The standard InChI is InChI=1S/C20H28N2O4/c1-13-15(9-6-10-16(13)26-5)18(24)21-17(20(2,3)4)19(25)22-11-7-8-14(22)12-23/h6,9-10,12,14,17H,7-8,11H2,1-5H3,(H,21,24)/t14-,17+/m0/s1. The molecule has 1 N–H and O–H groups in total. The SMILES string of the molecule is COc1cccc(C(=O)N[C@H](C(=O)N2CCC[C@H]2C=O)C(C)(C)C)c1C. The second-order valence-corrected chi connectivity index (χ2v) is 7.78. The highest BCUT2D eigenvalue weighted by molar-refractivity contribution is 5.99. The van der Waals surface area contributed by atoms with E-state index in [0.717, 1.165) is 18.3 Å². The van der Waals surface area contributed by atoms with Crippen LogP contribution in [0.5, 0.6) is 5.75 Å². The number of hydrogen-bond acceptors (Lipinski definition) is 4. The fourth-order valence-electron chi connectivity index (χ4n) is 3.31. The minimum absolute atomic E-state index is 0.207. The number of hydrogen-bond donors (Lipinski definition) is 1. The molecule has 2 amide bonds. The third kappa shape index (κ3) is 4.06. The lowest BCUT2D eigenvalue weighted by Gasteiger charge is -2.34. The number of ether oxygens (including phenoxy) is 1. The molecule has 142 valence electrons. The first-order valence-corrected chi connectivity index (χ1v) is 8.91. The Kier molecular flexibility index (Phi) is 6.05. The summed E-state index contributed by atoms with van der Waals surface area (Å²) in [4.78, 5) is 38.8. The molecule has 1 aromatic carbocycles. The highest BCUT2D eigenvalue weighted by atomic mass is 16.5. The number of carbonyl (C=O) groups excluding carboxylic acids is 3. The highest BCUT2D eigenvalue weighted by Gasteiger charge is 2.39. The Balaban J connectivity index is 2.27. The van der Waals surface area contributed by atoms with Crippen molar-refractivity contribution in [2.75, 3.05) is 13.7 Å². The number of carbonyl (C=O) groups is 3. The fourth-order valence-corrected chi connectivity index (χ4v) is 3.31. The third-order valence-corrected chi connectivity index (χ3v) is 4.88. The minimum atomic E-state index is -0.721. The summed E-state index contributed by atoms with van der Waals surface area (Å²) < 4.78 is 5.27. The van der Waals surface area contributed by atoms with E-state index >= 15 is 0 Å². The Bertz CT molecular complexity index is 694. The second-order valence-electron chi connectivity index (χ2n) is 7.78. The maximum absolute atomic E-state index is 13.1. The molecule has 0 radical (unpaired) electrons. The quantitative estimate of drug-likeness (QED) is 0.818. The Morgan fingerprint density at radius 1 is 1.35 bits per heavy atom. The smallest absolute Gasteiger partial charge is 0.252 e. The summed E-state index contributed by atoms with van der Waals surface area (Å²) in [5.74, 6) is 0.0920. The first kappa shape index (κ1) is 19.9. The largest absolute Gasteiger partial charge is 0.496 e. The Morgan fingerprint density at radius 2 is 2.04 bits per heavy atom. The van der Waals surface area contributed by atoms with E-state index < -0.39 is 17.5 Å². The molecule has 6 nitrogen and oxygen atoms in total. The van der Waals surface area contributed by atoms with Gasteiger partial charge < -0.3 is 19.7 Å². The fraction of sp³-hybridized carbons (Fsp3) is 0.550. The van der Waals surface area contributed by atoms with Crippen LogP contribution < -0.4 is 10.1 Å². The normalized spacial score (nSPS) is 18.3. The maximum atomic E-state index is 13.1. The van der Waals surface area contributed by atoms with Crippen LogP contribution in [0.25, 0.3) is 0 Å². The number of aldehydes is 1. The number of benzene rings is 1. The van der Waals surface area contributed by atoms with Crippen LogP contribution in [0.3, 0.4) is 0 Å². The molecule has 1 heterocycles. The molecule has 0 spiro atoms. The van der Waals surface area contributed by atoms with Crippen molar-refractivity contribution in [2.45, 2.75) is 52.6 Å². The topological polar surface area (TPSA) is 75.7 Å². The summed E-state index contributed by atoms with van der Waals surface area (Å²) in [5.41, 5.74) is 0.703. The molecular formula is C20H28N2O4. The minimum Gasteiger partial charge on any atom is -0.496 e. The zero-order valence-corrected chi connectivity index (χ0v) is 16.2. The van der Waals surface area contributed by atoms with Gasteiger partial charge in [-0.1, -0.05) is 26.8 Å². The Hall–Kier alpha value is -2.37. The molecule has 0 bridgehead atoms. The summed E-state index contributed by atoms with van der Waals surface area (Å²) in [5, 5.41) is 2.89. The molecule has 1 aromatic rings. The van der Waals surface area contributed by atoms with Gasteiger partial charge in [-0.2, -0.15) is 0 Å². The van der Waals surface area contributed by atoms with Gasteiger partial charge in [0.1, 0.15) is 18.1 Å². The molecule has 26 heavy (non-hydrogen) atoms. The van der Waals surface area contributed by atoms with Crippen molar-refractivity contribution in [2.24, 2.45) is 5.41 Å². The van der Waals surface area contributed by atoms with Gasteiger partial charge in [0.15, 0.2) is 0 Å². The molecule has 1 aliphatic heterocycles. The van der Waals surface area contributed by atoms with Crippen molar-refractivity contribution >= 4 is 18.1 Å². The van der Waals surface area contributed by atoms with Crippen LogP contribution in [0.2, 0.25) is 0 Å². The van der Waals surface area contributed by atoms with Crippen LogP contribution in [0, 0.1) is 12.3 Å². The predicted molar refractivity (Wildman–Crippen MR) is 99.2 cm³/mol. The second kappa shape index (κ2) is 7.89. The average Bonchev–Trinajstić information content (AvgIpc) is 3.06. The van der Waals surface area contributed by atoms with Gasteiger partial charge in [0.2, 0.25) is 5.91 Å². The van der Waals surface area contributed by atoms with E-state index in [1.807, 2.05) is 27.7 Å². The molecule has 2 atom stereocenters. The molecular weight excluding hydrogens is 332 g/mol. The van der Waals surface area contributed by atoms with E-state index in [2.05, 4.69) is 5.32 Å². The number of methoxy groups -OCH3 is 1. The van der Waals surface area contributed by atoms with Gasteiger partial charge in [0.05, 0.1) is 13.2 Å². The summed E-state index contributed by atoms with van der Waals surface area (Å²) in [6.07, 6.45) is 2.29. The van der Waals surface area contributed by atoms with E-state index in [1.54, 1.807) is 30.2 Å². The molecule has 1 saturated heterocycles. The molecule has 1 aliphatic rings. The van der Waals surface area contributed by atoms with Crippen LogP contribution in [0.15, 0.2) is 18.2 Å². The van der Waals surface area contributed by atoms with Crippen molar-refractivity contribution in [3.63, 3.8) is 0 Å². The maximum Gasteiger partial charge on any atom is 0.252 e. The molecule has 6 heteroatoms. The van der Waals surface area contributed by atoms with Crippen molar-refractivity contribution in [1.29, 1.82) is 0 Å². The van der Waals surface area contributed by atoms with Crippen molar-refractivity contribution in [3.05, 3.63) is 29.3 Å². The van der Waals surface area contributed by atoms with E-state index in [-0.39, 0.29) is 11.8 Å². The molecule has 0 aliphatic carbocycles. The monoisotopic (exact) mass is 360 g/mol. The van der Waals surface area contributed by atoms with Crippen molar-refractivity contribution in [3.8, 4) is 5.75 Å². The van der Waals surface area contributed by atoms with Gasteiger partial charge in [-0.05, 0) is 37.3 Å².